The van der Waals surface area contributed by atoms with E-state index in [0.29, 0.717) is 22.8 Å². The molecule has 1 heterocycles. The average molecular weight is 493 g/mol. The molecule has 0 aromatic rings. The third-order valence-corrected chi connectivity index (χ3v) is 6.81. The van der Waals surface area contributed by atoms with Crippen LogP contribution >= 0.6 is 11.6 Å². The molecule has 4 atom stereocenters. The van der Waals surface area contributed by atoms with Crippen molar-refractivity contribution < 1.29 is 37.1 Å². The molecule has 3 aliphatic rings. The number of imide groups is 1. The van der Waals surface area contributed by atoms with E-state index in [2.05, 4.69) is 6.58 Å². The van der Waals surface area contributed by atoms with Crippen LogP contribution in [0.25, 0.3) is 0 Å². The molecular formula is C22H25ClF4N2O4. The number of nitrogens with zero attached hydrogens (tertiary/aromatic N) is 1. The Bertz CT molecular complexity index is 895. The molecule has 33 heavy (non-hydrogen) atoms. The van der Waals surface area contributed by atoms with Crippen molar-refractivity contribution >= 4 is 29.5 Å². The summed E-state index contributed by atoms with van der Waals surface area (Å²) in [6, 6.07) is -5.30. The van der Waals surface area contributed by atoms with Gasteiger partial charge >= 0.3 is 18.2 Å². The third kappa shape index (κ3) is 5.42. The molecule has 6 nitrogen and oxygen atoms in total. The molecule has 1 aliphatic heterocycles. The van der Waals surface area contributed by atoms with Gasteiger partial charge in [0.15, 0.2) is 6.04 Å². The van der Waals surface area contributed by atoms with Gasteiger partial charge in [0.1, 0.15) is 11.9 Å². The van der Waals surface area contributed by atoms with E-state index >= 15 is 0 Å². The normalized spacial score (nSPS) is 27.2. The minimum atomic E-state index is -4.75. The fraction of sp³-hybridized carbons (Fsp3) is 0.591. The number of alkyl halides is 3. The zero-order valence-electron chi connectivity index (χ0n) is 17.7. The van der Waals surface area contributed by atoms with Crippen molar-refractivity contribution in [2.24, 2.45) is 17.8 Å². The summed E-state index contributed by atoms with van der Waals surface area (Å²) in [5.74, 6) is -5.96. The van der Waals surface area contributed by atoms with Crippen molar-refractivity contribution in [2.45, 2.75) is 63.2 Å². The van der Waals surface area contributed by atoms with Crippen molar-refractivity contribution in [1.29, 1.82) is 0 Å². The smallest absolute Gasteiger partial charge is 0.408 e. The molecule has 3 amide bonds. The summed E-state index contributed by atoms with van der Waals surface area (Å²) in [6.45, 7) is 3.70. The van der Waals surface area contributed by atoms with Gasteiger partial charge in [-0.15, -0.1) is 0 Å². The molecule has 0 aromatic heterocycles. The van der Waals surface area contributed by atoms with Crippen LogP contribution in [0.15, 0.2) is 35.2 Å². The molecule has 2 fully saturated rings. The number of halogens is 5. The van der Waals surface area contributed by atoms with Crippen LogP contribution in [-0.4, -0.2) is 46.2 Å². The van der Waals surface area contributed by atoms with Crippen LogP contribution in [0.1, 0.15) is 44.9 Å². The molecule has 2 aliphatic carbocycles. The van der Waals surface area contributed by atoms with E-state index in [4.69, 9.17) is 11.6 Å². The Hall–Kier alpha value is -2.36. The first-order chi connectivity index (χ1) is 15.4. The maximum atomic E-state index is 14.1. The van der Waals surface area contributed by atoms with Crippen LogP contribution in [0.3, 0.4) is 0 Å². The number of hydrogen-bond acceptors (Lipinski definition) is 3. The molecular weight excluding hydrogens is 468 g/mol. The highest BCUT2D eigenvalue weighted by Crippen LogP contribution is 2.40. The number of β-lactam (4-membered cyclic amide) rings is 1. The number of aliphatic carboxylic acids is 1. The Labute approximate surface area is 193 Å². The lowest BCUT2D eigenvalue weighted by atomic mass is 9.77. The number of carboxylic acids is 1. The van der Waals surface area contributed by atoms with Gasteiger partial charge in [-0.2, -0.15) is 13.2 Å². The van der Waals surface area contributed by atoms with Gasteiger partial charge in [0, 0.05) is 11.0 Å². The second-order valence-electron chi connectivity index (χ2n) is 8.76. The highest BCUT2D eigenvalue weighted by molar-refractivity contribution is 6.29. The highest BCUT2D eigenvalue weighted by Gasteiger charge is 2.57. The molecule has 1 unspecified atom stereocenters. The molecule has 0 aromatic carbocycles. The summed E-state index contributed by atoms with van der Waals surface area (Å²) in [6.07, 6.45) is 0.420. The van der Waals surface area contributed by atoms with Crippen molar-refractivity contribution in [3.8, 4) is 0 Å². The Kier molecular flexibility index (Phi) is 7.55. The Morgan fingerprint density at radius 1 is 1.24 bits per heavy atom. The van der Waals surface area contributed by atoms with Crippen molar-refractivity contribution in [3.05, 3.63) is 35.2 Å². The number of allylic oxidation sites excluding steroid dienone is 4. The molecule has 3 rings (SSSR count). The lowest BCUT2D eigenvalue weighted by Gasteiger charge is -2.45. The molecule has 11 heteroatoms. The second kappa shape index (κ2) is 9.87. The van der Waals surface area contributed by atoms with Gasteiger partial charge in [-0.05, 0) is 43.8 Å². The first kappa shape index (κ1) is 25.3. The van der Waals surface area contributed by atoms with Crippen LogP contribution in [0.4, 0.5) is 22.4 Å². The standard InChI is InChI=1S/C22H25ClF4N2O4/c1-11(9-13-10-14(23)7-8-15(13)24)16-17(20(31)32)29(19(16)30)21(33)28-18(22(25,26)27)12-5-3-2-4-6-12/h7-8,12-13,16-18H,1-6,9-10H2,(H,28,33)(H,31,32)/t13?,16-,17+,18+/m1/s1. The minimum Gasteiger partial charge on any atom is -0.480 e. The van der Waals surface area contributed by atoms with E-state index < -0.39 is 59.7 Å². The number of nitrogens with one attached hydrogen (secondary N) is 1. The van der Waals surface area contributed by atoms with Gasteiger partial charge in [0.25, 0.3) is 0 Å². The van der Waals surface area contributed by atoms with E-state index in [1.807, 2.05) is 5.32 Å². The van der Waals surface area contributed by atoms with Gasteiger partial charge in [-0.3, -0.25) is 4.79 Å². The van der Waals surface area contributed by atoms with Crippen LogP contribution in [-0.2, 0) is 9.59 Å². The summed E-state index contributed by atoms with van der Waals surface area (Å²) < 4.78 is 55.0. The quantitative estimate of drug-likeness (QED) is 0.308. The van der Waals surface area contributed by atoms with E-state index in [-0.39, 0.29) is 31.3 Å². The SMILES string of the molecule is C=C(CC1CC(Cl)=CC=C1F)[C@H]1C(=O)N(C(=O)N[C@@H](C2CCCCC2)C(F)(F)F)[C@@H]1C(=O)O. The topological polar surface area (TPSA) is 86.7 Å². The maximum absolute atomic E-state index is 14.1. The van der Waals surface area contributed by atoms with E-state index in [1.165, 1.54) is 12.2 Å². The number of amides is 3. The first-order valence-corrected chi connectivity index (χ1v) is 11.1. The second-order valence-corrected chi connectivity index (χ2v) is 9.25. The Morgan fingerprint density at radius 2 is 1.88 bits per heavy atom. The van der Waals surface area contributed by atoms with Gasteiger partial charge in [0.05, 0.1) is 5.92 Å². The van der Waals surface area contributed by atoms with Crippen LogP contribution in [0.5, 0.6) is 0 Å². The lowest BCUT2D eigenvalue weighted by molar-refractivity contribution is -0.172. The highest BCUT2D eigenvalue weighted by atomic mass is 35.5. The zero-order chi connectivity index (χ0) is 24.5. The summed E-state index contributed by atoms with van der Waals surface area (Å²) in [5, 5.41) is 11.8. The first-order valence-electron chi connectivity index (χ1n) is 10.7. The van der Waals surface area contributed by atoms with Gasteiger partial charge in [0.2, 0.25) is 5.91 Å². The molecule has 182 valence electrons. The summed E-state index contributed by atoms with van der Waals surface area (Å²) in [4.78, 5) is 37.4. The van der Waals surface area contributed by atoms with Gasteiger partial charge in [-0.25, -0.2) is 18.9 Å². The largest absolute Gasteiger partial charge is 0.480 e. The number of urea groups is 1. The van der Waals surface area contributed by atoms with Crippen LogP contribution < -0.4 is 5.32 Å². The Balaban J connectivity index is 1.71. The third-order valence-electron chi connectivity index (χ3n) is 6.53. The van der Waals surface area contributed by atoms with Gasteiger partial charge in [-0.1, -0.05) is 43.0 Å². The van der Waals surface area contributed by atoms with Gasteiger partial charge < -0.3 is 10.4 Å². The fourth-order valence-electron chi connectivity index (χ4n) is 4.82. The Morgan fingerprint density at radius 3 is 2.45 bits per heavy atom. The fourth-order valence-corrected chi connectivity index (χ4v) is 5.07. The van der Waals surface area contributed by atoms with E-state index in [1.54, 1.807) is 0 Å². The van der Waals surface area contributed by atoms with E-state index in [0.717, 1.165) is 6.42 Å². The predicted octanol–water partition coefficient (Wildman–Crippen LogP) is 5.06. The zero-order valence-corrected chi connectivity index (χ0v) is 18.5. The minimum absolute atomic E-state index is 0.0796. The average Bonchev–Trinajstić information content (AvgIpc) is 2.72. The molecule has 1 saturated heterocycles. The number of carbonyl (C=O) groups excluding carboxylic acids is 2. The molecule has 0 spiro atoms. The maximum Gasteiger partial charge on any atom is 0.408 e. The molecule has 0 bridgehead atoms. The van der Waals surface area contributed by atoms with Crippen LogP contribution in [0.2, 0.25) is 0 Å². The summed E-state index contributed by atoms with van der Waals surface area (Å²) >= 11 is 5.92. The molecule has 1 saturated carbocycles. The lowest BCUT2D eigenvalue weighted by Crippen LogP contribution is -2.70. The van der Waals surface area contributed by atoms with Crippen molar-refractivity contribution in [2.75, 3.05) is 0 Å². The summed E-state index contributed by atoms with van der Waals surface area (Å²) in [7, 11) is 0. The van der Waals surface area contributed by atoms with E-state index in [9.17, 15) is 37.1 Å². The summed E-state index contributed by atoms with van der Waals surface area (Å²) in [5.41, 5.74) is 0.0796. The number of rotatable bonds is 6. The monoisotopic (exact) mass is 492 g/mol. The number of carboxylic acid groups (broad SMARTS) is 1. The molecule has 2 N–H and O–H groups in total. The van der Waals surface area contributed by atoms with Crippen molar-refractivity contribution in [1.82, 2.24) is 10.2 Å². The number of likely N-dealkylation sites (tertiary alicyclic amines) is 1. The number of carbonyl (C=O) groups is 3. The number of hydrogen-bond donors (Lipinski definition) is 2. The van der Waals surface area contributed by atoms with Crippen LogP contribution in [0, 0.1) is 17.8 Å². The molecule has 0 radical (unpaired) electrons. The van der Waals surface area contributed by atoms with Crippen molar-refractivity contribution in [3.63, 3.8) is 0 Å². The predicted molar refractivity (Wildman–Crippen MR) is 112 cm³/mol.